The van der Waals surface area contributed by atoms with Crippen LogP contribution in [0.1, 0.15) is 25.7 Å². The quantitative estimate of drug-likeness (QED) is 0.229. The van der Waals surface area contributed by atoms with Gasteiger partial charge < -0.3 is 10.3 Å². The zero-order valence-corrected chi connectivity index (χ0v) is 21.2. The van der Waals surface area contributed by atoms with Crippen LogP contribution in [0, 0.1) is 17.6 Å². The van der Waals surface area contributed by atoms with Crippen LogP contribution in [-0.4, -0.2) is 36.0 Å². The summed E-state index contributed by atoms with van der Waals surface area (Å²) in [6.07, 6.45) is 8.59. The van der Waals surface area contributed by atoms with E-state index in [1.54, 1.807) is 55.0 Å². The van der Waals surface area contributed by atoms with E-state index >= 15 is 4.39 Å². The Bertz CT molecular complexity index is 1910. The predicted octanol–water partition coefficient (Wildman–Crippen LogP) is 6.64. The molecule has 1 saturated carbocycles. The first kappa shape index (κ1) is 24.1. The first-order valence-corrected chi connectivity index (χ1v) is 13.1. The molecular weight excluding hydrogens is 512 g/mol. The van der Waals surface area contributed by atoms with Gasteiger partial charge in [-0.25, -0.2) is 13.8 Å². The molecule has 1 aliphatic carbocycles. The molecule has 6 aromatic rings. The normalized spacial score (nSPS) is 13.8. The van der Waals surface area contributed by atoms with Crippen LogP contribution in [0.2, 0.25) is 0 Å². The van der Waals surface area contributed by atoms with E-state index < -0.39 is 11.6 Å². The average molecular weight is 536 g/mol. The summed E-state index contributed by atoms with van der Waals surface area (Å²) in [4.78, 5) is 29.2. The number of aromatic nitrogens is 6. The summed E-state index contributed by atoms with van der Waals surface area (Å²) in [6, 6.07) is 12.9. The topological polar surface area (TPSA) is 112 Å². The van der Waals surface area contributed by atoms with Gasteiger partial charge in [0, 0.05) is 46.5 Å². The third-order valence-electron chi connectivity index (χ3n) is 7.45. The standard InChI is InChI=1S/C30H23F2N7O/c31-22-8-4-3-7-19(22)26-28-24(9-10-34-26)36-29(37-28)27-21-12-20(23(32)13-25(21)38-39-27)17-11-18(15-33-14-17)35-30(40)16-5-1-2-6-16/h3-4,7-16H,1-2,5-6H2,(H,35,40)(H,36,37)(H,38,39). The van der Waals surface area contributed by atoms with Crippen molar-refractivity contribution in [2.45, 2.75) is 25.7 Å². The SMILES string of the molecule is O=C(Nc1cncc(-c2cc3c(-c4nc5c(-c6ccccc6F)nccc5[nH]4)n[nH]c3cc2F)c1)C1CCCC1. The summed E-state index contributed by atoms with van der Waals surface area (Å²) in [7, 11) is 0. The molecule has 1 fully saturated rings. The molecule has 8 nitrogen and oxygen atoms in total. The highest BCUT2D eigenvalue weighted by molar-refractivity contribution is 5.98. The van der Waals surface area contributed by atoms with E-state index in [2.05, 4.69) is 30.5 Å². The Morgan fingerprint density at radius 1 is 0.925 bits per heavy atom. The van der Waals surface area contributed by atoms with Crippen molar-refractivity contribution in [1.82, 2.24) is 30.1 Å². The maximum atomic E-state index is 15.3. The van der Waals surface area contributed by atoms with Crippen LogP contribution in [-0.2, 0) is 4.79 Å². The van der Waals surface area contributed by atoms with Crippen LogP contribution in [0.25, 0.3) is 55.8 Å². The molecule has 0 radical (unpaired) electrons. The van der Waals surface area contributed by atoms with Crippen molar-refractivity contribution in [2.24, 2.45) is 5.92 Å². The Morgan fingerprint density at radius 3 is 2.62 bits per heavy atom. The Labute approximate surface area is 226 Å². The maximum Gasteiger partial charge on any atom is 0.227 e. The fourth-order valence-corrected chi connectivity index (χ4v) is 5.43. The lowest BCUT2D eigenvalue weighted by atomic mass is 10.0. The summed E-state index contributed by atoms with van der Waals surface area (Å²) in [6.45, 7) is 0. The van der Waals surface area contributed by atoms with Crippen molar-refractivity contribution >= 4 is 33.5 Å². The molecule has 0 atom stereocenters. The van der Waals surface area contributed by atoms with Gasteiger partial charge >= 0.3 is 0 Å². The average Bonchev–Trinajstić information content (AvgIpc) is 3.72. The second-order valence-corrected chi connectivity index (χ2v) is 10.0. The number of halogens is 2. The number of carbonyl (C=O) groups is 1. The van der Waals surface area contributed by atoms with Gasteiger partial charge in [-0.3, -0.25) is 19.9 Å². The minimum absolute atomic E-state index is 0.00291. The number of anilines is 1. The maximum absolute atomic E-state index is 15.3. The van der Waals surface area contributed by atoms with Gasteiger partial charge in [0.05, 0.1) is 22.9 Å². The number of nitrogens with zero attached hydrogens (tertiary/aromatic N) is 4. The number of benzene rings is 2. The Balaban J connectivity index is 1.28. The summed E-state index contributed by atoms with van der Waals surface area (Å²) < 4.78 is 29.8. The molecule has 4 aromatic heterocycles. The summed E-state index contributed by atoms with van der Waals surface area (Å²) in [5.41, 5.74) is 4.23. The highest BCUT2D eigenvalue weighted by atomic mass is 19.1. The zero-order chi connectivity index (χ0) is 27.2. The van der Waals surface area contributed by atoms with Crippen molar-refractivity contribution in [2.75, 3.05) is 5.32 Å². The lowest BCUT2D eigenvalue weighted by Crippen LogP contribution is -2.20. The van der Waals surface area contributed by atoms with Crippen LogP contribution in [0.5, 0.6) is 0 Å². The number of H-pyrrole nitrogens is 2. The minimum atomic E-state index is -0.459. The van der Waals surface area contributed by atoms with Gasteiger partial charge in [0.25, 0.3) is 0 Å². The van der Waals surface area contributed by atoms with Gasteiger partial charge in [-0.1, -0.05) is 25.0 Å². The van der Waals surface area contributed by atoms with Crippen LogP contribution in [0.15, 0.2) is 67.1 Å². The van der Waals surface area contributed by atoms with E-state index in [-0.39, 0.29) is 11.8 Å². The van der Waals surface area contributed by atoms with E-state index in [1.807, 2.05) is 0 Å². The third-order valence-corrected chi connectivity index (χ3v) is 7.45. The van der Waals surface area contributed by atoms with Gasteiger partial charge in [-0.2, -0.15) is 5.10 Å². The molecular formula is C30H23F2N7O. The number of imidazole rings is 1. The Kier molecular flexibility index (Phi) is 5.80. The van der Waals surface area contributed by atoms with E-state index in [4.69, 9.17) is 4.98 Å². The number of aromatic amines is 2. The fourth-order valence-electron chi connectivity index (χ4n) is 5.43. The minimum Gasteiger partial charge on any atom is -0.336 e. The van der Waals surface area contributed by atoms with Crippen molar-refractivity contribution in [1.29, 1.82) is 0 Å². The molecule has 1 amide bonds. The van der Waals surface area contributed by atoms with Crippen LogP contribution in [0.4, 0.5) is 14.5 Å². The molecule has 0 unspecified atom stereocenters. The molecule has 198 valence electrons. The molecule has 4 heterocycles. The number of amides is 1. The molecule has 1 aliphatic rings. The van der Waals surface area contributed by atoms with E-state index in [1.165, 1.54) is 12.1 Å². The highest BCUT2D eigenvalue weighted by Gasteiger charge is 2.23. The van der Waals surface area contributed by atoms with Gasteiger partial charge in [-0.05, 0) is 43.2 Å². The molecule has 3 N–H and O–H groups in total. The zero-order valence-electron chi connectivity index (χ0n) is 21.2. The fraction of sp³-hybridized carbons (Fsp3) is 0.167. The Hall–Kier alpha value is -4.99. The lowest BCUT2D eigenvalue weighted by molar-refractivity contribution is -0.119. The van der Waals surface area contributed by atoms with E-state index in [0.29, 0.717) is 61.5 Å². The molecule has 0 bridgehead atoms. The Morgan fingerprint density at radius 2 is 1.77 bits per heavy atom. The van der Waals surface area contributed by atoms with Crippen molar-refractivity contribution in [3.8, 4) is 33.9 Å². The van der Waals surface area contributed by atoms with Crippen molar-refractivity contribution in [3.05, 3.63) is 78.8 Å². The van der Waals surface area contributed by atoms with Crippen LogP contribution < -0.4 is 5.32 Å². The number of pyridine rings is 2. The number of hydrogen-bond donors (Lipinski definition) is 3. The molecule has 7 rings (SSSR count). The van der Waals surface area contributed by atoms with Crippen LogP contribution in [0.3, 0.4) is 0 Å². The molecule has 0 aliphatic heterocycles. The monoisotopic (exact) mass is 535 g/mol. The third kappa shape index (κ3) is 4.17. The number of nitrogens with one attached hydrogen (secondary N) is 3. The molecule has 40 heavy (non-hydrogen) atoms. The van der Waals surface area contributed by atoms with Gasteiger partial charge in [0.1, 0.15) is 28.5 Å². The summed E-state index contributed by atoms with van der Waals surface area (Å²) in [5.74, 6) is -0.450. The second kappa shape index (κ2) is 9.64. The van der Waals surface area contributed by atoms with E-state index in [9.17, 15) is 9.18 Å². The first-order chi connectivity index (χ1) is 19.5. The highest BCUT2D eigenvalue weighted by Crippen LogP contribution is 2.35. The van der Waals surface area contributed by atoms with Gasteiger partial charge in [-0.15, -0.1) is 0 Å². The molecule has 0 saturated heterocycles. The number of carbonyl (C=O) groups excluding carboxylic acids is 1. The smallest absolute Gasteiger partial charge is 0.227 e. The van der Waals surface area contributed by atoms with Gasteiger partial charge in [0.2, 0.25) is 5.91 Å². The van der Waals surface area contributed by atoms with Crippen molar-refractivity contribution < 1.29 is 13.6 Å². The van der Waals surface area contributed by atoms with Gasteiger partial charge in [0.15, 0.2) is 5.82 Å². The number of fused-ring (bicyclic) bond motifs is 2. The van der Waals surface area contributed by atoms with E-state index in [0.717, 1.165) is 25.7 Å². The molecule has 0 spiro atoms. The summed E-state index contributed by atoms with van der Waals surface area (Å²) in [5, 5.41) is 10.8. The number of hydrogen-bond acceptors (Lipinski definition) is 5. The second-order valence-electron chi connectivity index (χ2n) is 10.0. The lowest BCUT2D eigenvalue weighted by Gasteiger charge is -2.11. The van der Waals surface area contributed by atoms with Crippen molar-refractivity contribution in [3.63, 3.8) is 0 Å². The molecule has 10 heteroatoms. The summed E-state index contributed by atoms with van der Waals surface area (Å²) >= 11 is 0. The number of rotatable bonds is 5. The molecule has 2 aromatic carbocycles. The predicted molar refractivity (Wildman–Crippen MR) is 148 cm³/mol. The largest absolute Gasteiger partial charge is 0.336 e. The van der Waals surface area contributed by atoms with Crippen LogP contribution >= 0.6 is 0 Å². The first-order valence-electron chi connectivity index (χ1n) is 13.1.